The zero-order valence-corrected chi connectivity index (χ0v) is 16.7. The maximum atomic E-state index is 13.6. The summed E-state index contributed by atoms with van der Waals surface area (Å²) in [4.78, 5) is 0. The molecule has 0 amide bonds. The summed E-state index contributed by atoms with van der Waals surface area (Å²) in [5, 5.41) is 11.2. The van der Waals surface area contributed by atoms with E-state index in [0.29, 0.717) is 5.31 Å². The largest absolute Gasteiger partial charge is 0.388 e. The highest BCUT2D eigenvalue weighted by atomic mass is 31.2. The standard InChI is InChI=1S/C19H31O4P/c1-14(2)22-24(21,23-15(3)4)17(18(20)19(5,6)7)13-16-11-9-8-10-12-16/h8-15,18,20H,1-7H3/b17-13+. The van der Waals surface area contributed by atoms with E-state index < -0.39 is 19.1 Å². The summed E-state index contributed by atoms with van der Waals surface area (Å²) in [6.07, 6.45) is 0.185. The van der Waals surface area contributed by atoms with Crippen molar-refractivity contribution in [1.29, 1.82) is 0 Å². The quantitative estimate of drug-likeness (QED) is 0.659. The first kappa shape index (κ1) is 21.1. The first-order valence-electron chi connectivity index (χ1n) is 8.38. The molecular formula is C19H31O4P. The van der Waals surface area contributed by atoms with Gasteiger partial charge in [-0.05, 0) is 44.7 Å². The highest BCUT2D eigenvalue weighted by Gasteiger charge is 2.41. The molecule has 0 spiro atoms. The van der Waals surface area contributed by atoms with Crippen LogP contribution in [0.5, 0.6) is 0 Å². The number of hydrogen-bond donors (Lipinski definition) is 1. The fourth-order valence-corrected chi connectivity index (χ4v) is 4.57. The molecule has 1 aromatic rings. The molecule has 0 aliphatic heterocycles. The summed E-state index contributed by atoms with van der Waals surface area (Å²) in [5.41, 5.74) is 0.340. The Labute approximate surface area is 146 Å². The SMILES string of the molecule is CC(C)OP(=O)(OC(C)C)/C(=C/c1ccccc1)C(O)C(C)(C)C. The van der Waals surface area contributed by atoms with E-state index in [2.05, 4.69) is 0 Å². The number of aliphatic hydroxyl groups is 1. The van der Waals surface area contributed by atoms with E-state index in [1.165, 1.54) is 0 Å². The van der Waals surface area contributed by atoms with Gasteiger partial charge in [0.05, 0.1) is 23.6 Å². The number of rotatable bonds is 7. The molecule has 0 saturated heterocycles. The van der Waals surface area contributed by atoms with Crippen molar-refractivity contribution in [1.82, 2.24) is 0 Å². The minimum Gasteiger partial charge on any atom is -0.388 e. The van der Waals surface area contributed by atoms with Gasteiger partial charge in [0, 0.05) is 0 Å². The maximum Gasteiger partial charge on any atom is 0.360 e. The van der Waals surface area contributed by atoms with Gasteiger partial charge in [-0.3, -0.25) is 4.57 Å². The van der Waals surface area contributed by atoms with Crippen LogP contribution < -0.4 is 0 Å². The van der Waals surface area contributed by atoms with Gasteiger partial charge >= 0.3 is 7.60 Å². The van der Waals surface area contributed by atoms with Gasteiger partial charge in [-0.15, -0.1) is 0 Å². The lowest BCUT2D eigenvalue weighted by molar-refractivity contribution is 0.0887. The van der Waals surface area contributed by atoms with Gasteiger partial charge in [-0.2, -0.15) is 0 Å². The van der Waals surface area contributed by atoms with Crippen LogP contribution >= 0.6 is 7.60 Å². The normalized spacial score (nSPS) is 15.2. The third-order valence-corrected chi connectivity index (χ3v) is 5.63. The maximum absolute atomic E-state index is 13.6. The monoisotopic (exact) mass is 354 g/mol. The van der Waals surface area contributed by atoms with Crippen molar-refractivity contribution in [3.05, 3.63) is 41.2 Å². The summed E-state index contributed by atoms with van der Waals surface area (Å²) in [6.45, 7) is 12.9. The van der Waals surface area contributed by atoms with Gasteiger partial charge in [-0.1, -0.05) is 51.1 Å². The molecule has 0 saturated carbocycles. The lowest BCUT2D eigenvalue weighted by atomic mass is 9.88. The molecule has 0 fully saturated rings. The minimum absolute atomic E-state index is 0.291. The van der Waals surface area contributed by atoms with Crippen LogP contribution in [-0.2, 0) is 13.6 Å². The fourth-order valence-electron chi connectivity index (χ4n) is 2.17. The van der Waals surface area contributed by atoms with E-state index in [9.17, 15) is 9.67 Å². The molecule has 0 bridgehead atoms. The van der Waals surface area contributed by atoms with E-state index in [1.54, 1.807) is 33.8 Å². The smallest absolute Gasteiger partial charge is 0.360 e. The second-order valence-electron chi connectivity index (χ2n) is 7.55. The van der Waals surface area contributed by atoms with Crippen molar-refractivity contribution in [2.24, 2.45) is 5.41 Å². The molecule has 24 heavy (non-hydrogen) atoms. The Bertz CT molecular complexity index is 571. The first-order valence-corrected chi connectivity index (χ1v) is 9.92. The van der Waals surface area contributed by atoms with Crippen LogP contribution in [0.15, 0.2) is 35.6 Å². The molecule has 136 valence electrons. The molecule has 0 aliphatic rings. The van der Waals surface area contributed by atoms with Crippen LogP contribution in [0.25, 0.3) is 6.08 Å². The Balaban J connectivity index is 3.48. The van der Waals surface area contributed by atoms with Gasteiger partial charge in [0.25, 0.3) is 0 Å². The summed E-state index contributed by atoms with van der Waals surface area (Å²) in [7, 11) is -3.65. The zero-order valence-electron chi connectivity index (χ0n) is 15.8. The third-order valence-electron chi connectivity index (χ3n) is 3.23. The van der Waals surface area contributed by atoms with Crippen molar-refractivity contribution < 1.29 is 18.7 Å². The van der Waals surface area contributed by atoms with Gasteiger partial charge in [-0.25, -0.2) is 0 Å². The number of aliphatic hydroxyl groups excluding tert-OH is 1. The van der Waals surface area contributed by atoms with Gasteiger partial charge in [0.15, 0.2) is 0 Å². The summed E-state index contributed by atoms with van der Waals surface area (Å²) in [5.74, 6) is 0. The second kappa shape index (κ2) is 8.44. The molecule has 4 nitrogen and oxygen atoms in total. The summed E-state index contributed by atoms with van der Waals surface area (Å²) < 4.78 is 25.0. The van der Waals surface area contributed by atoms with E-state index >= 15 is 0 Å². The number of benzene rings is 1. The molecule has 1 rings (SSSR count). The highest BCUT2D eigenvalue weighted by Crippen LogP contribution is 2.61. The van der Waals surface area contributed by atoms with E-state index in [0.717, 1.165) is 5.56 Å². The lowest BCUT2D eigenvalue weighted by Crippen LogP contribution is -2.29. The molecule has 1 aromatic carbocycles. The van der Waals surface area contributed by atoms with Crippen LogP contribution in [-0.4, -0.2) is 23.4 Å². The van der Waals surface area contributed by atoms with Crippen molar-refractivity contribution in [3.63, 3.8) is 0 Å². The molecular weight excluding hydrogens is 323 g/mol. The summed E-state index contributed by atoms with van der Waals surface area (Å²) >= 11 is 0. The van der Waals surface area contributed by atoms with Gasteiger partial charge in [0.1, 0.15) is 0 Å². The number of hydrogen-bond acceptors (Lipinski definition) is 4. The average Bonchev–Trinajstić information content (AvgIpc) is 2.42. The first-order chi connectivity index (χ1) is 11.0. The Hall–Kier alpha value is -0.930. The van der Waals surface area contributed by atoms with Crippen molar-refractivity contribution in [3.8, 4) is 0 Å². The minimum atomic E-state index is -3.65. The molecule has 1 atom stereocenters. The Morgan fingerprint density at radius 2 is 1.50 bits per heavy atom. The molecule has 1 N–H and O–H groups in total. The topological polar surface area (TPSA) is 55.8 Å². The van der Waals surface area contributed by atoms with Gasteiger partial charge in [0.2, 0.25) is 0 Å². The van der Waals surface area contributed by atoms with Gasteiger partial charge < -0.3 is 14.2 Å². The van der Waals surface area contributed by atoms with Crippen LogP contribution in [0.3, 0.4) is 0 Å². The molecule has 5 heteroatoms. The molecule has 0 radical (unpaired) electrons. The third kappa shape index (κ3) is 6.18. The predicted octanol–water partition coefficient (Wildman–Crippen LogP) is 5.48. The average molecular weight is 354 g/mol. The highest BCUT2D eigenvalue weighted by molar-refractivity contribution is 7.58. The van der Waals surface area contributed by atoms with E-state index in [4.69, 9.17) is 9.05 Å². The molecule has 1 unspecified atom stereocenters. The van der Waals surface area contributed by atoms with Crippen LogP contribution in [0.2, 0.25) is 0 Å². The van der Waals surface area contributed by atoms with Crippen molar-refractivity contribution in [2.75, 3.05) is 0 Å². The molecule has 0 aromatic heterocycles. The Morgan fingerprint density at radius 1 is 1.04 bits per heavy atom. The van der Waals surface area contributed by atoms with E-state index in [-0.39, 0.29) is 12.2 Å². The van der Waals surface area contributed by atoms with Crippen molar-refractivity contribution in [2.45, 2.75) is 66.8 Å². The Morgan fingerprint density at radius 3 is 1.88 bits per heavy atom. The molecule has 0 aliphatic carbocycles. The Kier molecular flexibility index (Phi) is 7.43. The second-order valence-corrected chi connectivity index (χ2v) is 9.49. The van der Waals surface area contributed by atoms with Crippen LogP contribution in [0.4, 0.5) is 0 Å². The van der Waals surface area contributed by atoms with Crippen LogP contribution in [0.1, 0.15) is 54.0 Å². The molecule has 0 heterocycles. The lowest BCUT2D eigenvalue weighted by Gasteiger charge is -2.33. The summed E-state index contributed by atoms with van der Waals surface area (Å²) in [6, 6.07) is 9.48. The predicted molar refractivity (Wildman–Crippen MR) is 99.9 cm³/mol. The van der Waals surface area contributed by atoms with Crippen molar-refractivity contribution >= 4 is 13.7 Å². The van der Waals surface area contributed by atoms with E-state index in [1.807, 2.05) is 51.1 Å². The zero-order chi connectivity index (χ0) is 18.5. The fraction of sp³-hybridized carbons (Fsp3) is 0.579. The van der Waals surface area contributed by atoms with Crippen LogP contribution in [0, 0.1) is 5.41 Å².